The third-order valence-electron chi connectivity index (χ3n) is 3.00. The summed E-state index contributed by atoms with van der Waals surface area (Å²) in [5, 5.41) is 13.0. The van der Waals surface area contributed by atoms with Gasteiger partial charge in [-0.1, -0.05) is 19.1 Å². The number of carbonyl (C=O) groups excluding carboxylic acids is 1. The highest BCUT2D eigenvalue weighted by molar-refractivity contribution is 5.83. The molecule has 0 spiro atoms. The number of aryl methyl sites for hydroxylation is 1. The second kappa shape index (κ2) is 7.83. The fourth-order valence-electron chi connectivity index (χ4n) is 1.74. The zero-order valence-electron chi connectivity index (χ0n) is 12.3. The van der Waals surface area contributed by atoms with E-state index in [0.717, 1.165) is 12.0 Å². The Labute approximate surface area is 129 Å². The Balaban J connectivity index is 1.76. The van der Waals surface area contributed by atoms with E-state index in [9.17, 15) is 4.79 Å². The molecule has 2 aromatic carbocycles. The predicted molar refractivity (Wildman–Crippen MR) is 85.2 cm³/mol. The number of hydrogen-bond donors (Lipinski definition) is 2. The van der Waals surface area contributed by atoms with Gasteiger partial charge in [0.2, 0.25) is 0 Å². The highest BCUT2D eigenvalue weighted by Crippen LogP contribution is 2.12. The number of amides is 1. The van der Waals surface area contributed by atoms with Gasteiger partial charge in [-0.2, -0.15) is 5.10 Å². The molecule has 2 rings (SSSR count). The van der Waals surface area contributed by atoms with Crippen LogP contribution < -0.4 is 10.2 Å². The molecule has 0 aliphatic heterocycles. The third-order valence-corrected chi connectivity index (χ3v) is 3.00. The van der Waals surface area contributed by atoms with Crippen LogP contribution in [-0.2, 0) is 11.2 Å². The van der Waals surface area contributed by atoms with Gasteiger partial charge in [-0.15, -0.1) is 0 Å². The quantitative estimate of drug-likeness (QED) is 0.636. The van der Waals surface area contributed by atoms with E-state index in [1.165, 1.54) is 11.8 Å². The molecule has 0 radical (unpaired) electrons. The monoisotopic (exact) mass is 298 g/mol. The Kier molecular flexibility index (Phi) is 5.54. The number of aromatic hydroxyl groups is 1. The summed E-state index contributed by atoms with van der Waals surface area (Å²) in [7, 11) is 0. The van der Waals surface area contributed by atoms with Gasteiger partial charge >= 0.3 is 0 Å². The molecule has 5 nitrogen and oxygen atoms in total. The maximum atomic E-state index is 11.6. The van der Waals surface area contributed by atoms with Crippen LogP contribution in [0.15, 0.2) is 53.6 Å². The first kappa shape index (κ1) is 15.6. The van der Waals surface area contributed by atoms with Crippen molar-refractivity contribution in [1.82, 2.24) is 5.43 Å². The molecule has 22 heavy (non-hydrogen) atoms. The summed E-state index contributed by atoms with van der Waals surface area (Å²) in [5.74, 6) is 0.494. The van der Waals surface area contributed by atoms with Crippen LogP contribution in [0.25, 0.3) is 0 Å². The molecule has 0 saturated heterocycles. The molecular formula is C17H18N2O3. The average molecular weight is 298 g/mol. The summed E-state index contributed by atoms with van der Waals surface area (Å²) in [6.45, 7) is 1.98. The Bertz CT molecular complexity index is 634. The van der Waals surface area contributed by atoms with Gasteiger partial charge in [0.15, 0.2) is 6.61 Å². The molecule has 0 aromatic heterocycles. The van der Waals surface area contributed by atoms with Crippen LogP contribution in [0, 0.1) is 0 Å². The number of carbonyl (C=O) groups is 1. The van der Waals surface area contributed by atoms with E-state index in [1.807, 2.05) is 24.3 Å². The summed E-state index contributed by atoms with van der Waals surface area (Å²) in [6, 6.07) is 14.1. The number of ether oxygens (including phenoxy) is 1. The van der Waals surface area contributed by atoms with Crippen molar-refractivity contribution in [2.24, 2.45) is 5.10 Å². The summed E-state index contributed by atoms with van der Waals surface area (Å²) < 4.78 is 5.37. The zero-order valence-corrected chi connectivity index (χ0v) is 12.3. The van der Waals surface area contributed by atoms with E-state index in [1.54, 1.807) is 24.3 Å². The van der Waals surface area contributed by atoms with Crippen LogP contribution in [0.2, 0.25) is 0 Å². The first-order valence-electron chi connectivity index (χ1n) is 7.00. The smallest absolute Gasteiger partial charge is 0.277 e. The van der Waals surface area contributed by atoms with Crippen molar-refractivity contribution < 1.29 is 14.6 Å². The van der Waals surface area contributed by atoms with Crippen LogP contribution in [0.1, 0.15) is 18.1 Å². The van der Waals surface area contributed by atoms with Gasteiger partial charge in [-0.3, -0.25) is 4.79 Å². The van der Waals surface area contributed by atoms with Crippen LogP contribution in [-0.4, -0.2) is 23.8 Å². The highest BCUT2D eigenvalue weighted by atomic mass is 16.5. The molecule has 2 N–H and O–H groups in total. The minimum absolute atomic E-state index is 0.0988. The van der Waals surface area contributed by atoms with E-state index < -0.39 is 0 Å². The fourth-order valence-corrected chi connectivity index (χ4v) is 1.74. The van der Waals surface area contributed by atoms with Gasteiger partial charge in [0.1, 0.15) is 11.5 Å². The number of phenolic OH excluding ortho intramolecular Hbond substituents is 1. The van der Waals surface area contributed by atoms with Crippen LogP contribution in [0.5, 0.6) is 11.5 Å². The lowest BCUT2D eigenvalue weighted by atomic mass is 10.2. The molecular weight excluding hydrogens is 280 g/mol. The molecule has 0 fully saturated rings. The number of hydrogen-bond acceptors (Lipinski definition) is 4. The van der Waals surface area contributed by atoms with E-state index in [-0.39, 0.29) is 18.3 Å². The molecule has 0 saturated carbocycles. The first-order chi connectivity index (χ1) is 10.7. The standard InChI is InChI=1S/C17H18N2O3/c1-2-13-5-9-16(10-6-13)22-12-17(21)19-18-11-14-3-7-15(20)8-4-14/h3-11,20H,2,12H2,1H3,(H,19,21). The topological polar surface area (TPSA) is 70.9 Å². The van der Waals surface area contributed by atoms with E-state index in [2.05, 4.69) is 17.5 Å². The lowest BCUT2D eigenvalue weighted by Gasteiger charge is -2.05. The van der Waals surface area contributed by atoms with Crippen molar-refractivity contribution in [1.29, 1.82) is 0 Å². The number of nitrogens with one attached hydrogen (secondary N) is 1. The Hall–Kier alpha value is -2.82. The second-order valence-electron chi connectivity index (χ2n) is 4.67. The third kappa shape index (κ3) is 4.94. The molecule has 0 heterocycles. The first-order valence-corrected chi connectivity index (χ1v) is 7.00. The normalized spacial score (nSPS) is 10.6. The van der Waals surface area contributed by atoms with Gasteiger partial charge in [-0.25, -0.2) is 5.43 Å². The van der Waals surface area contributed by atoms with Gasteiger partial charge in [0, 0.05) is 0 Å². The van der Waals surface area contributed by atoms with Crippen LogP contribution in [0.4, 0.5) is 0 Å². The summed E-state index contributed by atoms with van der Waals surface area (Å²) in [6.07, 6.45) is 2.46. The Morgan fingerprint density at radius 1 is 1.18 bits per heavy atom. The zero-order chi connectivity index (χ0) is 15.8. The molecule has 0 atom stereocenters. The Morgan fingerprint density at radius 2 is 1.86 bits per heavy atom. The lowest BCUT2D eigenvalue weighted by molar-refractivity contribution is -0.123. The molecule has 1 amide bonds. The minimum atomic E-state index is -0.338. The van der Waals surface area contributed by atoms with Crippen molar-refractivity contribution in [2.75, 3.05) is 6.61 Å². The molecule has 0 unspecified atom stereocenters. The number of nitrogens with zero attached hydrogens (tertiary/aromatic N) is 1. The predicted octanol–water partition coefficient (Wildman–Crippen LogP) is 2.48. The summed E-state index contributed by atoms with van der Waals surface area (Å²) in [4.78, 5) is 11.6. The van der Waals surface area contributed by atoms with Crippen molar-refractivity contribution in [3.8, 4) is 11.5 Å². The minimum Gasteiger partial charge on any atom is -0.508 e. The maximum Gasteiger partial charge on any atom is 0.277 e. The van der Waals surface area contributed by atoms with Crippen molar-refractivity contribution >= 4 is 12.1 Å². The lowest BCUT2D eigenvalue weighted by Crippen LogP contribution is -2.24. The van der Waals surface area contributed by atoms with Crippen LogP contribution >= 0.6 is 0 Å². The molecule has 5 heteroatoms. The average Bonchev–Trinajstić information content (AvgIpc) is 2.55. The van der Waals surface area contributed by atoms with Crippen molar-refractivity contribution in [3.63, 3.8) is 0 Å². The van der Waals surface area contributed by atoms with Gasteiger partial charge in [0.25, 0.3) is 5.91 Å². The Morgan fingerprint density at radius 3 is 2.50 bits per heavy atom. The van der Waals surface area contributed by atoms with Crippen LogP contribution in [0.3, 0.4) is 0 Å². The number of hydrazone groups is 1. The molecule has 114 valence electrons. The fraction of sp³-hybridized carbons (Fsp3) is 0.176. The number of rotatable bonds is 6. The van der Waals surface area contributed by atoms with Gasteiger partial charge in [-0.05, 0) is 53.9 Å². The van der Waals surface area contributed by atoms with Gasteiger partial charge in [0.05, 0.1) is 6.21 Å². The van der Waals surface area contributed by atoms with Crippen molar-refractivity contribution in [2.45, 2.75) is 13.3 Å². The molecule has 2 aromatic rings. The van der Waals surface area contributed by atoms with Gasteiger partial charge < -0.3 is 9.84 Å². The van der Waals surface area contributed by atoms with E-state index in [0.29, 0.717) is 5.75 Å². The SMILES string of the molecule is CCc1ccc(OCC(=O)NN=Cc2ccc(O)cc2)cc1. The highest BCUT2D eigenvalue weighted by Gasteiger charge is 2.01. The maximum absolute atomic E-state index is 11.6. The van der Waals surface area contributed by atoms with Crippen molar-refractivity contribution in [3.05, 3.63) is 59.7 Å². The number of phenols is 1. The van der Waals surface area contributed by atoms with E-state index in [4.69, 9.17) is 9.84 Å². The summed E-state index contributed by atoms with van der Waals surface area (Å²) in [5.41, 5.74) is 4.37. The molecule has 0 bridgehead atoms. The molecule has 0 aliphatic carbocycles. The molecule has 0 aliphatic rings. The summed E-state index contributed by atoms with van der Waals surface area (Å²) >= 11 is 0. The largest absolute Gasteiger partial charge is 0.508 e. The number of benzene rings is 2. The second-order valence-corrected chi connectivity index (χ2v) is 4.67. The van der Waals surface area contributed by atoms with E-state index >= 15 is 0 Å².